The molecule has 1 aliphatic heterocycles. The molecule has 0 aliphatic carbocycles. The Morgan fingerprint density at radius 1 is 1.03 bits per heavy atom. The highest BCUT2D eigenvalue weighted by atomic mass is 35.5. The van der Waals surface area contributed by atoms with Crippen LogP contribution in [0.2, 0.25) is 10.3 Å². The summed E-state index contributed by atoms with van der Waals surface area (Å²) in [5, 5.41) is 1.61. The normalized spacial score (nSPS) is 14.8. The standard InChI is InChI=1S/C25H14Cl2FN3O3S/c26-16-8-5-14(6-9-16)13-31-23(32)21(35-25(31)33)11-18-17-4-2-1-3-15(17)7-10-20(18)34-22-19(28)12-29-24(27)30-22/h1-12H,13H2/b21-11+. The van der Waals surface area contributed by atoms with Crippen molar-refractivity contribution < 1.29 is 18.7 Å². The number of hydrogen-bond acceptors (Lipinski definition) is 6. The van der Waals surface area contributed by atoms with E-state index in [0.717, 1.165) is 39.2 Å². The fraction of sp³-hybridized carbons (Fsp3) is 0.0400. The second kappa shape index (κ2) is 9.65. The van der Waals surface area contributed by atoms with E-state index in [0.29, 0.717) is 10.6 Å². The second-order valence-corrected chi connectivity index (χ2v) is 9.25. The Hall–Kier alpha value is -3.46. The van der Waals surface area contributed by atoms with Crippen molar-refractivity contribution >= 4 is 63.0 Å². The second-order valence-electron chi connectivity index (χ2n) is 7.49. The van der Waals surface area contributed by atoms with Gasteiger partial charge in [0.15, 0.2) is 0 Å². The molecular formula is C25H14Cl2FN3O3S. The van der Waals surface area contributed by atoms with Crippen LogP contribution in [0.5, 0.6) is 11.6 Å². The number of benzene rings is 3. The van der Waals surface area contributed by atoms with Crippen LogP contribution in [0.3, 0.4) is 0 Å². The third-order valence-electron chi connectivity index (χ3n) is 5.22. The van der Waals surface area contributed by atoms with Crippen LogP contribution in [0.1, 0.15) is 11.1 Å². The molecule has 1 fully saturated rings. The minimum atomic E-state index is -0.795. The number of amides is 2. The lowest BCUT2D eigenvalue weighted by atomic mass is 10.0. The highest BCUT2D eigenvalue weighted by Gasteiger charge is 2.35. The van der Waals surface area contributed by atoms with Crippen LogP contribution in [0.15, 0.2) is 71.8 Å². The van der Waals surface area contributed by atoms with Gasteiger partial charge in [-0.25, -0.2) is 4.98 Å². The number of fused-ring (bicyclic) bond motifs is 1. The number of aromatic nitrogens is 2. The smallest absolute Gasteiger partial charge is 0.293 e. The van der Waals surface area contributed by atoms with Gasteiger partial charge in [0.1, 0.15) is 5.75 Å². The number of imide groups is 1. The van der Waals surface area contributed by atoms with Crippen LogP contribution in [0, 0.1) is 5.82 Å². The maximum Gasteiger partial charge on any atom is 0.293 e. The molecule has 5 rings (SSSR count). The van der Waals surface area contributed by atoms with Crippen molar-refractivity contribution in [1.29, 1.82) is 0 Å². The molecule has 4 aromatic rings. The molecule has 0 radical (unpaired) electrons. The van der Waals surface area contributed by atoms with Gasteiger partial charge in [0.2, 0.25) is 11.1 Å². The molecule has 0 N–H and O–H groups in total. The third-order valence-corrected chi connectivity index (χ3v) is 6.56. The Labute approximate surface area is 213 Å². The molecule has 0 atom stereocenters. The molecule has 6 nitrogen and oxygen atoms in total. The fourth-order valence-corrected chi connectivity index (χ4v) is 4.63. The van der Waals surface area contributed by atoms with Crippen LogP contribution >= 0.6 is 35.0 Å². The van der Waals surface area contributed by atoms with E-state index in [1.54, 1.807) is 42.5 Å². The molecule has 0 saturated carbocycles. The van der Waals surface area contributed by atoms with Crippen molar-refractivity contribution in [1.82, 2.24) is 14.9 Å². The molecule has 1 aromatic heterocycles. The van der Waals surface area contributed by atoms with Crippen LogP contribution < -0.4 is 4.74 Å². The van der Waals surface area contributed by atoms with Gasteiger partial charge in [-0.3, -0.25) is 14.5 Å². The lowest BCUT2D eigenvalue weighted by Gasteiger charge is -2.13. The van der Waals surface area contributed by atoms with E-state index >= 15 is 0 Å². The van der Waals surface area contributed by atoms with Gasteiger partial charge in [-0.1, -0.05) is 54.1 Å². The molecule has 10 heteroatoms. The van der Waals surface area contributed by atoms with E-state index in [1.807, 2.05) is 24.3 Å². The summed E-state index contributed by atoms with van der Waals surface area (Å²) in [6, 6.07) is 17.8. The number of ether oxygens (including phenoxy) is 1. The lowest BCUT2D eigenvalue weighted by molar-refractivity contribution is -0.123. The zero-order valence-electron chi connectivity index (χ0n) is 17.7. The largest absolute Gasteiger partial charge is 0.436 e. The molecule has 1 aliphatic rings. The maximum absolute atomic E-state index is 14.3. The first-order valence-corrected chi connectivity index (χ1v) is 11.8. The Balaban J connectivity index is 1.54. The predicted octanol–water partition coefficient (Wildman–Crippen LogP) is 7.10. The fourth-order valence-electron chi connectivity index (χ4n) is 3.56. The Morgan fingerprint density at radius 2 is 1.80 bits per heavy atom. The summed E-state index contributed by atoms with van der Waals surface area (Å²) in [6.45, 7) is 0.114. The minimum absolute atomic E-state index is 0.114. The van der Waals surface area contributed by atoms with E-state index in [4.69, 9.17) is 27.9 Å². The third kappa shape index (κ3) is 4.86. The van der Waals surface area contributed by atoms with Crippen LogP contribution in [0.25, 0.3) is 16.8 Å². The van der Waals surface area contributed by atoms with Crippen molar-refractivity contribution in [2.24, 2.45) is 0 Å². The SMILES string of the molecule is O=C1S/C(=C/c2c(Oc3nc(Cl)ncc3F)ccc3ccccc23)C(=O)N1Cc1ccc(Cl)cc1. The monoisotopic (exact) mass is 525 g/mol. The van der Waals surface area contributed by atoms with Crippen LogP contribution in [0.4, 0.5) is 9.18 Å². The topological polar surface area (TPSA) is 72.4 Å². The average Bonchev–Trinajstić information content (AvgIpc) is 3.11. The number of carbonyl (C=O) groups excluding carboxylic acids is 2. The Morgan fingerprint density at radius 3 is 2.60 bits per heavy atom. The molecule has 35 heavy (non-hydrogen) atoms. The molecule has 174 valence electrons. The van der Waals surface area contributed by atoms with Gasteiger partial charge in [-0.05, 0) is 64.0 Å². The molecule has 3 aromatic carbocycles. The van der Waals surface area contributed by atoms with Crippen molar-refractivity contribution in [3.8, 4) is 11.6 Å². The summed E-state index contributed by atoms with van der Waals surface area (Å²) in [6.07, 6.45) is 2.48. The van der Waals surface area contributed by atoms with Gasteiger partial charge in [0, 0.05) is 10.6 Å². The van der Waals surface area contributed by atoms with Crippen molar-refractivity contribution in [3.63, 3.8) is 0 Å². The van der Waals surface area contributed by atoms with Gasteiger partial charge in [0.25, 0.3) is 17.0 Å². The van der Waals surface area contributed by atoms with Crippen molar-refractivity contribution in [2.75, 3.05) is 0 Å². The summed E-state index contributed by atoms with van der Waals surface area (Å²) >= 11 is 12.6. The molecule has 0 unspecified atom stereocenters. The van der Waals surface area contributed by atoms with Gasteiger partial charge in [0.05, 0.1) is 17.6 Å². The first-order chi connectivity index (χ1) is 16.9. The summed E-state index contributed by atoms with van der Waals surface area (Å²) in [5.74, 6) is -1.35. The molecule has 0 spiro atoms. The number of hydrogen-bond donors (Lipinski definition) is 0. The number of carbonyl (C=O) groups is 2. The molecule has 1 saturated heterocycles. The highest BCUT2D eigenvalue weighted by Crippen LogP contribution is 2.38. The lowest BCUT2D eigenvalue weighted by Crippen LogP contribution is -2.27. The van der Waals surface area contributed by atoms with E-state index in [1.165, 1.54) is 0 Å². The molecular weight excluding hydrogens is 512 g/mol. The number of rotatable bonds is 5. The summed E-state index contributed by atoms with van der Waals surface area (Å²) in [7, 11) is 0. The average molecular weight is 526 g/mol. The molecule has 2 amide bonds. The molecule has 0 bridgehead atoms. The van der Waals surface area contributed by atoms with E-state index in [-0.39, 0.29) is 28.4 Å². The number of thioether (sulfide) groups is 1. The van der Waals surface area contributed by atoms with Gasteiger partial charge >= 0.3 is 0 Å². The summed E-state index contributed by atoms with van der Waals surface area (Å²) in [4.78, 5) is 34.6. The number of nitrogens with zero attached hydrogens (tertiary/aromatic N) is 3. The van der Waals surface area contributed by atoms with Crippen molar-refractivity contribution in [2.45, 2.75) is 6.54 Å². The quantitative estimate of drug-likeness (QED) is 0.204. The van der Waals surface area contributed by atoms with Gasteiger partial charge < -0.3 is 4.74 Å². The number of halogens is 3. The van der Waals surface area contributed by atoms with Gasteiger partial charge in [-0.15, -0.1) is 0 Å². The van der Waals surface area contributed by atoms with E-state index < -0.39 is 17.0 Å². The predicted molar refractivity (Wildman–Crippen MR) is 134 cm³/mol. The van der Waals surface area contributed by atoms with Crippen LogP contribution in [-0.2, 0) is 11.3 Å². The minimum Gasteiger partial charge on any atom is -0.436 e. The zero-order valence-corrected chi connectivity index (χ0v) is 20.1. The van der Waals surface area contributed by atoms with Crippen LogP contribution in [-0.4, -0.2) is 26.0 Å². The Bertz CT molecular complexity index is 1510. The first-order valence-electron chi connectivity index (χ1n) is 10.3. The zero-order chi connectivity index (χ0) is 24.5. The maximum atomic E-state index is 14.3. The van der Waals surface area contributed by atoms with Gasteiger partial charge in [-0.2, -0.15) is 9.37 Å². The summed E-state index contributed by atoms with van der Waals surface area (Å²) in [5.41, 5.74) is 1.26. The van der Waals surface area contributed by atoms with Crippen molar-refractivity contribution in [3.05, 3.63) is 99.0 Å². The first kappa shape index (κ1) is 23.3. The molecule has 2 heterocycles. The van der Waals surface area contributed by atoms with E-state index in [9.17, 15) is 14.0 Å². The highest BCUT2D eigenvalue weighted by molar-refractivity contribution is 8.18. The summed E-state index contributed by atoms with van der Waals surface area (Å²) < 4.78 is 20.0. The van der Waals surface area contributed by atoms with E-state index in [2.05, 4.69) is 9.97 Å². The Kier molecular flexibility index (Phi) is 6.42.